The molecule has 0 aliphatic carbocycles. The van der Waals surface area contributed by atoms with Gasteiger partial charge in [-0.3, -0.25) is 4.79 Å². The Labute approximate surface area is 266 Å². The van der Waals surface area contributed by atoms with Crippen molar-refractivity contribution in [3.8, 4) is 0 Å². The number of ether oxygens (including phenoxy) is 2. The topological polar surface area (TPSA) is 126 Å². The van der Waals surface area contributed by atoms with E-state index in [1.54, 1.807) is 20.8 Å². The van der Waals surface area contributed by atoms with Gasteiger partial charge in [-0.05, 0) is 62.6 Å². The van der Waals surface area contributed by atoms with E-state index in [-0.39, 0.29) is 18.9 Å². The molecule has 0 aromatic heterocycles. The first-order valence-electron chi connectivity index (χ1n) is 15.4. The van der Waals surface area contributed by atoms with Crippen LogP contribution < -0.4 is 16.0 Å². The van der Waals surface area contributed by atoms with Gasteiger partial charge >= 0.3 is 12.2 Å². The number of carbonyl (C=O) groups is 3. The molecule has 0 saturated carbocycles. The van der Waals surface area contributed by atoms with Gasteiger partial charge in [-0.25, -0.2) is 9.59 Å². The summed E-state index contributed by atoms with van der Waals surface area (Å²) in [5.41, 5.74) is 2.02. The molecule has 0 spiro atoms. The van der Waals surface area contributed by atoms with E-state index in [1.807, 2.05) is 105 Å². The molecule has 0 radical (unpaired) electrons. The number of amides is 3. The van der Waals surface area contributed by atoms with Crippen molar-refractivity contribution in [2.45, 2.75) is 90.3 Å². The van der Waals surface area contributed by atoms with Crippen molar-refractivity contribution in [2.75, 3.05) is 0 Å². The minimum absolute atomic E-state index is 0.0788. The number of rotatable bonds is 14. The lowest BCUT2D eigenvalue weighted by molar-refractivity contribution is -0.125. The molecule has 3 aromatic rings. The fourth-order valence-corrected chi connectivity index (χ4v) is 4.88. The molecule has 0 aliphatic heterocycles. The highest BCUT2D eigenvalue weighted by molar-refractivity contribution is 5.86. The van der Waals surface area contributed by atoms with Crippen molar-refractivity contribution in [3.05, 3.63) is 108 Å². The van der Waals surface area contributed by atoms with Crippen LogP contribution in [0.25, 0.3) is 0 Å². The predicted molar refractivity (Wildman–Crippen MR) is 174 cm³/mol. The third kappa shape index (κ3) is 13.0. The molecule has 242 valence electrons. The zero-order valence-corrected chi connectivity index (χ0v) is 26.9. The standard InChI is InChI=1S/C36H47N3O6/c1-25(2)32(39-34(42)44-24-28-19-13-8-14-20-28)33(41)37-29(21-26-15-9-6-10-16-26)23-31(40)30(22-27-17-11-7-12-18-27)38-35(43)45-36(3,4)5/h6-20,25,29-32,40H,21-24H2,1-5H3,(H,37,41)(H,38,43)(H,39,42)/t29-,30-,31-,32-/m0/s1. The Hall–Kier alpha value is -4.37. The van der Waals surface area contributed by atoms with Gasteiger partial charge in [0, 0.05) is 6.04 Å². The highest BCUT2D eigenvalue weighted by Crippen LogP contribution is 2.16. The number of nitrogens with one attached hydrogen (secondary N) is 3. The van der Waals surface area contributed by atoms with Gasteiger partial charge in [0.25, 0.3) is 0 Å². The molecule has 4 N–H and O–H groups in total. The molecular formula is C36H47N3O6. The second-order valence-electron chi connectivity index (χ2n) is 12.6. The first-order valence-corrected chi connectivity index (χ1v) is 15.4. The summed E-state index contributed by atoms with van der Waals surface area (Å²) in [6.45, 7) is 9.08. The monoisotopic (exact) mass is 617 g/mol. The Morgan fingerprint density at radius 2 is 1.22 bits per heavy atom. The van der Waals surface area contributed by atoms with Crippen LogP contribution in [0.5, 0.6) is 0 Å². The fraction of sp³-hybridized carbons (Fsp3) is 0.417. The van der Waals surface area contributed by atoms with Crippen molar-refractivity contribution < 1.29 is 29.0 Å². The summed E-state index contributed by atoms with van der Waals surface area (Å²) in [6.07, 6.45) is -1.44. The molecule has 45 heavy (non-hydrogen) atoms. The lowest BCUT2D eigenvalue weighted by Crippen LogP contribution is -2.54. The van der Waals surface area contributed by atoms with Crippen LogP contribution in [-0.2, 0) is 33.7 Å². The van der Waals surface area contributed by atoms with Crippen LogP contribution in [-0.4, -0.2) is 53.0 Å². The van der Waals surface area contributed by atoms with Crippen molar-refractivity contribution in [1.29, 1.82) is 0 Å². The van der Waals surface area contributed by atoms with E-state index in [2.05, 4.69) is 16.0 Å². The Bertz CT molecular complexity index is 1330. The Morgan fingerprint density at radius 3 is 1.73 bits per heavy atom. The average molecular weight is 618 g/mol. The third-order valence-electron chi connectivity index (χ3n) is 7.10. The molecule has 0 aliphatic rings. The smallest absolute Gasteiger partial charge is 0.408 e. The summed E-state index contributed by atoms with van der Waals surface area (Å²) < 4.78 is 10.8. The maximum absolute atomic E-state index is 13.6. The van der Waals surface area contributed by atoms with Gasteiger partial charge in [-0.15, -0.1) is 0 Å². The first-order chi connectivity index (χ1) is 21.4. The van der Waals surface area contributed by atoms with Crippen molar-refractivity contribution in [3.63, 3.8) is 0 Å². The summed E-state index contributed by atoms with van der Waals surface area (Å²) in [7, 11) is 0. The number of aliphatic hydroxyl groups excluding tert-OH is 1. The second-order valence-corrected chi connectivity index (χ2v) is 12.6. The van der Waals surface area contributed by atoms with Crippen molar-refractivity contribution in [1.82, 2.24) is 16.0 Å². The largest absolute Gasteiger partial charge is 0.445 e. The van der Waals surface area contributed by atoms with E-state index in [0.717, 1.165) is 16.7 Å². The van der Waals surface area contributed by atoms with Gasteiger partial charge in [0.15, 0.2) is 0 Å². The Morgan fingerprint density at radius 1 is 0.711 bits per heavy atom. The van der Waals surface area contributed by atoms with Crippen molar-refractivity contribution in [2.24, 2.45) is 5.92 Å². The normalized spacial score (nSPS) is 14.0. The summed E-state index contributed by atoms with van der Waals surface area (Å²) in [6, 6.07) is 26.4. The van der Waals surface area contributed by atoms with Gasteiger partial charge in [-0.2, -0.15) is 0 Å². The van der Waals surface area contributed by atoms with E-state index < -0.39 is 47.9 Å². The molecule has 9 heteroatoms. The average Bonchev–Trinajstić information content (AvgIpc) is 2.99. The highest BCUT2D eigenvalue weighted by Gasteiger charge is 2.31. The van der Waals surface area contributed by atoms with Crippen LogP contribution >= 0.6 is 0 Å². The number of alkyl carbamates (subject to hydrolysis) is 2. The number of aliphatic hydroxyl groups is 1. The van der Waals surface area contributed by atoms with Crippen LogP contribution in [0.1, 0.15) is 57.7 Å². The summed E-state index contributed by atoms with van der Waals surface area (Å²) in [4.78, 5) is 39.0. The molecule has 0 heterocycles. The van der Waals surface area contributed by atoms with Gasteiger partial charge in [0.05, 0.1) is 12.1 Å². The molecule has 3 aromatic carbocycles. The molecule has 9 nitrogen and oxygen atoms in total. The lowest BCUT2D eigenvalue weighted by atomic mass is 9.93. The van der Waals surface area contributed by atoms with E-state index in [4.69, 9.17) is 9.47 Å². The molecule has 0 fully saturated rings. The van der Waals surface area contributed by atoms with E-state index >= 15 is 0 Å². The van der Waals surface area contributed by atoms with Crippen LogP contribution in [0, 0.1) is 5.92 Å². The number of hydrogen-bond acceptors (Lipinski definition) is 6. The Kier molecular flexibility index (Phi) is 13.4. The molecule has 0 saturated heterocycles. The van der Waals surface area contributed by atoms with E-state index in [9.17, 15) is 19.5 Å². The predicted octanol–water partition coefficient (Wildman–Crippen LogP) is 5.55. The summed E-state index contributed by atoms with van der Waals surface area (Å²) in [5, 5.41) is 20.1. The SMILES string of the molecule is CC(C)[C@H](NC(=O)OCc1ccccc1)C(=O)N[C@@H](Cc1ccccc1)C[C@H](O)[C@H](Cc1ccccc1)NC(=O)OC(C)(C)C. The highest BCUT2D eigenvalue weighted by atomic mass is 16.6. The Balaban J connectivity index is 1.75. The molecule has 3 rings (SSSR count). The molecule has 4 atom stereocenters. The maximum atomic E-state index is 13.6. The first kappa shape index (κ1) is 35.1. The third-order valence-corrected chi connectivity index (χ3v) is 7.10. The van der Waals surface area contributed by atoms with Crippen LogP contribution in [0.4, 0.5) is 9.59 Å². The molecule has 0 bridgehead atoms. The second kappa shape index (κ2) is 17.2. The van der Waals surface area contributed by atoms with Crippen LogP contribution in [0.2, 0.25) is 0 Å². The lowest BCUT2D eigenvalue weighted by Gasteiger charge is -2.31. The molecule has 0 unspecified atom stereocenters. The van der Waals surface area contributed by atoms with Gasteiger partial charge in [0.2, 0.25) is 5.91 Å². The number of hydrogen-bond donors (Lipinski definition) is 4. The van der Waals surface area contributed by atoms with E-state index in [0.29, 0.717) is 12.8 Å². The minimum atomic E-state index is -1.03. The summed E-state index contributed by atoms with van der Waals surface area (Å²) in [5.74, 6) is -0.634. The van der Waals surface area contributed by atoms with Crippen LogP contribution in [0.15, 0.2) is 91.0 Å². The van der Waals surface area contributed by atoms with Gasteiger partial charge in [-0.1, -0.05) is 105 Å². The maximum Gasteiger partial charge on any atom is 0.408 e. The minimum Gasteiger partial charge on any atom is -0.445 e. The zero-order valence-electron chi connectivity index (χ0n) is 26.9. The van der Waals surface area contributed by atoms with E-state index in [1.165, 1.54) is 0 Å². The zero-order chi connectivity index (χ0) is 32.8. The summed E-state index contributed by atoms with van der Waals surface area (Å²) >= 11 is 0. The number of carbonyl (C=O) groups excluding carboxylic acids is 3. The molecular weight excluding hydrogens is 570 g/mol. The fourth-order valence-electron chi connectivity index (χ4n) is 4.88. The van der Waals surface area contributed by atoms with Gasteiger partial charge < -0.3 is 30.5 Å². The van der Waals surface area contributed by atoms with Crippen LogP contribution in [0.3, 0.4) is 0 Å². The van der Waals surface area contributed by atoms with Crippen molar-refractivity contribution >= 4 is 18.1 Å². The number of benzene rings is 3. The molecule has 3 amide bonds. The van der Waals surface area contributed by atoms with Gasteiger partial charge in [0.1, 0.15) is 18.2 Å². The quantitative estimate of drug-likeness (QED) is 0.188.